The van der Waals surface area contributed by atoms with Crippen LogP contribution < -0.4 is 14.2 Å². The van der Waals surface area contributed by atoms with E-state index in [4.69, 9.17) is 30.5 Å². The number of halogens is 1. The van der Waals surface area contributed by atoms with Crippen LogP contribution >= 0.6 is 11.6 Å². The predicted octanol–water partition coefficient (Wildman–Crippen LogP) is 2.92. The molecule has 0 unspecified atom stereocenters. The maximum absolute atomic E-state index is 5.88. The van der Waals surface area contributed by atoms with Crippen molar-refractivity contribution in [2.75, 3.05) is 28.4 Å². The van der Waals surface area contributed by atoms with Gasteiger partial charge in [0.15, 0.2) is 11.5 Å². The fourth-order valence-corrected chi connectivity index (χ4v) is 2.35. The molecule has 0 spiro atoms. The van der Waals surface area contributed by atoms with Crippen molar-refractivity contribution in [2.45, 2.75) is 12.6 Å². The van der Waals surface area contributed by atoms with E-state index in [9.17, 15) is 0 Å². The van der Waals surface area contributed by atoms with Gasteiger partial charge in [-0.15, -0.1) is 11.6 Å². The van der Waals surface area contributed by atoms with Crippen LogP contribution in [-0.4, -0.2) is 38.2 Å². The molecule has 6 nitrogen and oxygen atoms in total. The molecule has 7 heteroatoms. The zero-order valence-electron chi connectivity index (χ0n) is 13.1. The molecule has 1 heterocycles. The van der Waals surface area contributed by atoms with Gasteiger partial charge in [0, 0.05) is 12.7 Å². The third-order valence-electron chi connectivity index (χ3n) is 3.18. The SMILES string of the molecule is COCn1nc(CCl)cc1-c1cc(OC)c(OC)c(OC)c1. The molecule has 0 N–H and O–H groups in total. The highest BCUT2D eigenvalue weighted by Crippen LogP contribution is 2.41. The van der Waals surface area contributed by atoms with Crippen molar-refractivity contribution in [1.82, 2.24) is 9.78 Å². The number of nitrogens with zero attached hydrogens (tertiary/aromatic N) is 2. The van der Waals surface area contributed by atoms with Gasteiger partial charge in [-0.1, -0.05) is 0 Å². The summed E-state index contributed by atoms with van der Waals surface area (Å²) >= 11 is 5.88. The average molecular weight is 327 g/mol. The van der Waals surface area contributed by atoms with Crippen LogP contribution in [0.5, 0.6) is 17.2 Å². The summed E-state index contributed by atoms with van der Waals surface area (Å²) in [5.74, 6) is 2.03. The van der Waals surface area contributed by atoms with Crippen LogP contribution in [0.1, 0.15) is 5.69 Å². The van der Waals surface area contributed by atoms with Gasteiger partial charge in [0.25, 0.3) is 0 Å². The number of methoxy groups -OCH3 is 4. The lowest BCUT2D eigenvalue weighted by atomic mass is 10.1. The minimum Gasteiger partial charge on any atom is -0.493 e. The number of rotatable bonds is 7. The molecule has 0 aliphatic heterocycles. The largest absolute Gasteiger partial charge is 0.493 e. The van der Waals surface area contributed by atoms with Crippen molar-refractivity contribution in [2.24, 2.45) is 0 Å². The Hall–Kier alpha value is -1.92. The molecule has 2 rings (SSSR count). The van der Waals surface area contributed by atoms with Crippen molar-refractivity contribution in [3.05, 3.63) is 23.9 Å². The van der Waals surface area contributed by atoms with Gasteiger partial charge in [-0.25, -0.2) is 4.68 Å². The second kappa shape index (κ2) is 7.38. The van der Waals surface area contributed by atoms with E-state index in [1.54, 1.807) is 33.1 Å². The number of aromatic nitrogens is 2. The van der Waals surface area contributed by atoms with Crippen LogP contribution in [0.15, 0.2) is 18.2 Å². The fourth-order valence-electron chi connectivity index (χ4n) is 2.22. The molecule has 0 bridgehead atoms. The summed E-state index contributed by atoms with van der Waals surface area (Å²) in [5, 5.41) is 4.40. The van der Waals surface area contributed by atoms with E-state index in [1.807, 2.05) is 18.2 Å². The summed E-state index contributed by atoms with van der Waals surface area (Å²) < 4.78 is 23.0. The van der Waals surface area contributed by atoms with Crippen molar-refractivity contribution < 1.29 is 18.9 Å². The minimum atomic E-state index is 0.322. The van der Waals surface area contributed by atoms with Crippen molar-refractivity contribution in [3.63, 3.8) is 0 Å². The van der Waals surface area contributed by atoms with Crippen molar-refractivity contribution in [1.29, 1.82) is 0 Å². The molecule has 0 saturated heterocycles. The summed E-state index contributed by atoms with van der Waals surface area (Å²) in [5.41, 5.74) is 2.50. The summed E-state index contributed by atoms with van der Waals surface area (Å²) in [6.07, 6.45) is 0. The monoisotopic (exact) mass is 326 g/mol. The summed E-state index contributed by atoms with van der Waals surface area (Å²) in [6, 6.07) is 5.64. The van der Waals surface area contributed by atoms with Gasteiger partial charge >= 0.3 is 0 Å². The Morgan fingerprint density at radius 2 is 1.64 bits per heavy atom. The molecule has 0 radical (unpaired) electrons. The molecule has 22 heavy (non-hydrogen) atoms. The number of benzene rings is 1. The Morgan fingerprint density at radius 3 is 2.09 bits per heavy atom. The van der Waals surface area contributed by atoms with Gasteiger partial charge in [0.05, 0.1) is 38.6 Å². The molecule has 0 aliphatic rings. The Labute approximate surface area is 134 Å². The van der Waals surface area contributed by atoms with Crippen molar-refractivity contribution >= 4 is 11.6 Å². The first-order valence-corrected chi connectivity index (χ1v) is 7.13. The topological polar surface area (TPSA) is 54.7 Å². The number of hydrogen-bond donors (Lipinski definition) is 0. The lowest BCUT2D eigenvalue weighted by Gasteiger charge is -2.14. The van der Waals surface area contributed by atoms with Gasteiger partial charge in [-0.05, 0) is 18.2 Å². The van der Waals surface area contributed by atoms with Gasteiger partial charge in [-0.2, -0.15) is 5.10 Å². The number of alkyl halides is 1. The van der Waals surface area contributed by atoms with Crippen LogP contribution in [-0.2, 0) is 17.3 Å². The lowest BCUT2D eigenvalue weighted by molar-refractivity contribution is 0.122. The standard InChI is InChI=1S/C15H19ClN2O4/c1-19-9-18-12(7-11(8-16)17-18)10-5-13(20-2)15(22-4)14(6-10)21-3/h5-7H,8-9H2,1-4H3. The van der Waals surface area contributed by atoms with Crippen LogP contribution in [0, 0.1) is 0 Å². The molecule has 1 aromatic carbocycles. The Morgan fingerprint density at radius 1 is 1.00 bits per heavy atom. The normalized spacial score (nSPS) is 10.6. The molecule has 0 aliphatic carbocycles. The van der Waals surface area contributed by atoms with Crippen molar-refractivity contribution in [3.8, 4) is 28.5 Å². The number of ether oxygens (including phenoxy) is 4. The molecule has 120 valence electrons. The molecular formula is C15H19ClN2O4. The Bertz CT molecular complexity index is 617. The van der Waals surface area contributed by atoms with E-state index in [1.165, 1.54) is 0 Å². The second-order valence-corrected chi connectivity index (χ2v) is 4.75. The molecule has 0 saturated carbocycles. The van der Waals surface area contributed by atoms with E-state index in [0.717, 1.165) is 17.0 Å². The quantitative estimate of drug-likeness (QED) is 0.732. The third kappa shape index (κ3) is 3.13. The van der Waals surface area contributed by atoms with Gasteiger partial charge < -0.3 is 18.9 Å². The Balaban J connectivity index is 2.59. The molecular weight excluding hydrogens is 308 g/mol. The summed E-state index contributed by atoms with van der Waals surface area (Å²) in [6.45, 7) is 0.322. The maximum atomic E-state index is 5.88. The maximum Gasteiger partial charge on any atom is 0.203 e. The zero-order valence-corrected chi connectivity index (χ0v) is 13.8. The molecule has 1 aromatic heterocycles. The van der Waals surface area contributed by atoms with E-state index >= 15 is 0 Å². The van der Waals surface area contributed by atoms with Crippen LogP contribution in [0.4, 0.5) is 0 Å². The highest BCUT2D eigenvalue weighted by atomic mass is 35.5. The zero-order chi connectivity index (χ0) is 16.1. The lowest BCUT2D eigenvalue weighted by Crippen LogP contribution is -2.04. The van der Waals surface area contributed by atoms with E-state index in [-0.39, 0.29) is 0 Å². The smallest absolute Gasteiger partial charge is 0.203 e. The highest BCUT2D eigenvalue weighted by Gasteiger charge is 2.17. The predicted molar refractivity (Wildman–Crippen MR) is 83.9 cm³/mol. The molecule has 0 atom stereocenters. The summed E-state index contributed by atoms with van der Waals surface area (Å²) in [7, 11) is 6.34. The van der Waals surface area contributed by atoms with Gasteiger partial charge in [-0.3, -0.25) is 0 Å². The average Bonchev–Trinajstić information content (AvgIpc) is 2.96. The van der Waals surface area contributed by atoms with Crippen LogP contribution in [0.25, 0.3) is 11.3 Å². The minimum absolute atomic E-state index is 0.322. The fraction of sp³-hybridized carbons (Fsp3) is 0.400. The van der Waals surface area contributed by atoms with Gasteiger partial charge in [0.2, 0.25) is 5.75 Å². The molecule has 0 amide bonds. The first kappa shape index (κ1) is 16.5. The van der Waals surface area contributed by atoms with E-state index < -0.39 is 0 Å². The Kier molecular flexibility index (Phi) is 5.51. The van der Waals surface area contributed by atoms with Gasteiger partial charge in [0.1, 0.15) is 6.73 Å². The van der Waals surface area contributed by atoms with Crippen LogP contribution in [0.3, 0.4) is 0 Å². The van der Waals surface area contributed by atoms with Crippen LogP contribution in [0.2, 0.25) is 0 Å². The van der Waals surface area contributed by atoms with E-state index in [0.29, 0.717) is 29.9 Å². The molecule has 0 fully saturated rings. The first-order valence-electron chi connectivity index (χ1n) is 6.60. The molecule has 2 aromatic rings. The highest BCUT2D eigenvalue weighted by molar-refractivity contribution is 6.16. The third-order valence-corrected chi connectivity index (χ3v) is 3.45. The van der Waals surface area contributed by atoms with E-state index in [2.05, 4.69) is 5.10 Å². The second-order valence-electron chi connectivity index (χ2n) is 4.49. The number of hydrogen-bond acceptors (Lipinski definition) is 5. The first-order chi connectivity index (χ1) is 10.7. The summed E-state index contributed by atoms with van der Waals surface area (Å²) in [4.78, 5) is 0.